The Balaban J connectivity index is 1.74. The average Bonchev–Trinajstić information content (AvgIpc) is 3.12. The van der Waals surface area contributed by atoms with Crippen molar-refractivity contribution in [1.82, 2.24) is 5.32 Å². The first kappa shape index (κ1) is 9.97. The Morgan fingerprint density at radius 2 is 2.19 bits per heavy atom. The average molecular weight is 218 g/mol. The zero-order chi connectivity index (χ0) is 11.0. The molecular formula is C13H18N2O. The quantitative estimate of drug-likeness (QED) is 0.811. The normalized spacial score (nSPS) is 23.4. The highest BCUT2D eigenvalue weighted by Crippen LogP contribution is 2.28. The lowest BCUT2D eigenvalue weighted by Gasteiger charge is -2.27. The number of ether oxygens (including phenoxy) is 1. The molecule has 1 aliphatic carbocycles. The maximum absolute atomic E-state index is 5.26. The van der Waals surface area contributed by atoms with Crippen LogP contribution in [-0.4, -0.2) is 25.7 Å². The summed E-state index contributed by atoms with van der Waals surface area (Å²) in [5.41, 5.74) is 2.62. The van der Waals surface area contributed by atoms with Gasteiger partial charge >= 0.3 is 0 Å². The van der Waals surface area contributed by atoms with Crippen LogP contribution in [0.2, 0.25) is 0 Å². The molecule has 2 aliphatic rings. The molecule has 0 radical (unpaired) electrons. The van der Waals surface area contributed by atoms with Crippen molar-refractivity contribution in [2.45, 2.75) is 31.3 Å². The fourth-order valence-electron chi connectivity index (χ4n) is 2.31. The fraction of sp³-hybridized carbons (Fsp3) is 0.538. The van der Waals surface area contributed by atoms with Crippen LogP contribution in [0.4, 0.5) is 5.69 Å². The van der Waals surface area contributed by atoms with Gasteiger partial charge in [0.2, 0.25) is 0 Å². The lowest BCUT2D eigenvalue weighted by molar-refractivity contribution is 0.413. The maximum Gasteiger partial charge on any atom is 0.119 e. The summed E-state index contributed by atoms with van der Waals surface area (Å²) in [6.45, 7) is 1.04. The summed E-state index contributed by atoms with van der Waals surface area (Å²) in [6.07, 6.45) is 3.80. The molecule has 0 aromatic heterocycles. The van der Waals surface area contributed by atoms with E-state index in [0.29, 0.717) is 6.04 Å². The first-order valence-corrected chi connectivity index (χ1v) is 6.02. The summed E-state index contributed by atoms with van der Waals surface area (Å²) >= 11 is 0. The van der Waals surface area contributed by atoms with E-state index in [1.165, 1.54) is 24.1 Å². The Morgan fingerprint density at radius 1 is 1.31 bits per heavy atom. The lowest BCUT2D eigenvalue weighted by Crippen LogP contribution is -2.41. The second kappa shape index (κ2) is 3.98. The number of nitrogens with one attached hydrogen (secondary N) is 2. The lowest BCUT2D eigenvalue weighted by atomic mass is 9.99. The molecule has 16 heavy (non-hydrogen) atoms. The third-order valence-corrected chi connectivity index (χ3v) is 3.37. The van der Waals surface area contributed by atoms with Crippen molar-refractivity contribution in [1.29, 1.82) is 0 Å². The van der Waals surface area contributed by atoms with Gasteiger partial charge in [-0.05, 0) is 43.0 Å². The van der Waals surface area contributed by atoms with E-state index in [1.807, 2.05) is 6.07 Å². The van der Waals surface area contributed by atoms with Crippen LogP contribution in [0.15, 0.2) is 18.2 Å². The number of benzene rings is 1. The standard InChI is InChI=1S/C13H18N2O/c1-16-12-4-5-13-9(7-12)6-11(8-14-13)15-10-2-3-10/h4-5,7,10-11,14-15H,2-3,6,8H2,1H3. The minimum absolute atomic E-state index is 0.576. The minimum Gasteiger partial charge on any atom is -0.497 e. The molecule has 3 nitrogen and oxygen atoms in total. The number of hydrogen-bond donors (Lipinski definition) is 2. The molecule has 1 atom stereocenters. The van der Waals surface area contributed by atoms with E-state index in [9.17, 15) is 0 Å². The van der Waals surface area contributed by atoms with Gasteiger partial charge in [-0.3, -0.25) is 0 Å². The molecule has 86 valence electrons. The van der Waals surface area contributed by atoms with Crippen LogP contribution in [0.5, 0.6) is 5.75 Å². The molecule has 1 aromatic rings. The molecular weight excluding hydrogens is 200 g/mol. The summed E-state index contributed by atoms with van der Waals surface area (Å²) in [5, 5.41) is 7.15. The Morgan fingerprint density at radius 3 is 2.94 bits per heavy atom. The Labute approximate surface area is 96.2 Å². The van der Waals surface area contributed by atoms with Crippen molar-refractivity contribution in [3.8, 4) is 5.75 Å². The topological polar surface area (TPSA) is 33.3 Å². The van der Waals surface area contributed by atoms with Gasteiger partial charge in [-0.15, -0.1) is 0 Å². The van der Waals surface area contributed by atoms with E-state index in [0.717, 1.165) is 24.8 Å². The van der Waals surface area contributed by atoms with Gasteiger partial charge in [0.15, 0.2) is 0 Å². The SMILES string of the molecule is COc1ccc2c(c1)CC(NC1CC1)CN2. The summed E-state index contributed by atoms with van der Waals surface area (Å²) in [5.74, 6) is 0.952. The summed E-state index contributed by atoms with van der Waals surface area (Å²) < 4.78 is 5.26. The van der Waals surface area contributed by atoms with Gasteiger partial charge in [-0.2, -0.15) is 0 Å². The molecule has 0 amide bonds. The van der Waals surface area contributed by atoms with Crippen molar-refractivity contribution in [2.75, 3.05) is 19.0 Å². The molecule has 3 rings (SSSR count). The molecule has 1 aliphatic heterocycles. The van der Waals surface area contributed by atoms with Crippen molar-refractivity contribution >= 4 is 5.69 Å². The van der Waals surface area contributed by atoms with Gasteiger partial charge in [-0.1, -0.05) is 0 Å². The Hall–Kier alpha value is -1.22. The molecule has 1 fully saturated rings. The monoisotopic (exact) mass is 218 g/mol. The number of fused-ring (bicyclic) bond motifs is 1. The van der Waals surface area contributed by atoms with Crippen molar-refractivity contribution in [3.63, 3.8) is 0 Å². The number of hydrogen-bond acceptors (Lipinski definition) is 3. The van der Waals surface area contributed by atoms with Crippen LogP contribution in [-0.2, 0) is 6.42 Å². The fourth-order valence-corrected chi connectivity index (χ4v) is 2.31. The Bertz CT molecular complexity index is 388. The van der Waals surface area contributed by atoms with Gasteiger partial charge in [0.1, 0.15) is 5.75 Å². The molecule has 1 aromatic carbocycles. The van der Waals surface area contributed by atoms with Gasteiger partial charge in [0, 0.05) is 24.3 Å². The highest BCUT2D eigenvalue weighted by Gasteiger charge is 2.26. The summed E-state index contributed by atoms with van der Waals surface area (Å²) in [6, 6.07) is 7.62. The number of rotatable bonds is 3. The van der Waals surface area contributed by atoms with Gasteiger partial charge in [-0.25, -0.2) is 0 Å². The van der Waals surface area contributed by atoms with E-state index in [4.69, 9.17) is 4.74 Å². The molecule has 2 N–H and O–H groups in total. The van der Waals surface area contributed by atoms with E-state index in [2.05, 4.69) is 22.8 Å². The van der Waals surface area contributed by atoms with Crippen LogP contribution >= 0.6 is 0 Å². The molecule has 1 unspecified atom stereocenters. The van der Waals surface area contributed by atoms with E-state index in [-0.39, 0.29) is 0 Å². The molecule has 0 spiro atoms. The smallest absolute Gasteiger partial charge is 0.119 e. The predicted molar refractivity (Wildman–Crippen MR) is 65.1 cm³/mol. The van der Waals surface area contributed by atoms with Crippen LogP contribution < -0.4 is 15.4 Å². The van der Waals surface area contributed by atoms with E-state index in [1.54, 1.807) is 7.11 Å². The predicted octanol–water partition coefficient (Wildman–Crippen LogP) is 1.78. The van der Waals surface area contributed by atoms with Gasteiger partial charge < -0.3 is 15.4 Å². The largest absolute Gasteiger partial charge is 0.497 e. The first-order valence-electron chi connectivity index (χ1n) is 6.02. The van der Waals surface area contributed by atoms with Gasteiger partial charge in [0.05, 0.1) is 7.11 Å². The molecule has 3 heteroatoms. The van der Waals surface area contributed by atoms with E-state index < -0.39 is 0 Å². The Kier molecular flexibility index (Phi) is 2.48. The van der Waals surface area contributed by atoms with E-state index >= 15 is 0 Å². The van der Waals surface area contributed by atoms with Crippen LogP contribution in [0, 0.1) is 0 Å². The van der Waals surface area contributed by atoms with Crippen molar-refractivity contribution < 1.29 is 4.74 Å². The second-order valence-corrected chi connectivity index (χ2v) is 4.75. The van der Waals surface area contributed by atoms with Gasteiger partial charge in [0.25, 0.3) is 0 Å². The summed E-state index contributed by atoms with van der Waals surface area (Å²) in [4.78, 5) is 0. The second-order valence-electron chi connectivity index (χ2n) is 4.75. The maximum atomic E-state index is 5.26. The first-order chi connectivity index (χ1) is 7.85. The van der Waals surface area contributed by atoms with Crippen LogP contribution in [0.1, 0.15) is 18.4 Å². The van der Waals surface area contributed by atoms with Crippen LogP contribution in [0.3, 0.4) is 0 Å². The van der Waals surface area contributed by atoms with Crippen LogP contribution in [0.25, 0.3) is 0 Å². The zero-order valence-electron chi connectivity index (χ0n) is 9.62. The third kappa shape index (κ3) is 2.00. The molecule has 1 saturated carbocycles. The minimum atomic E-state index is 0.576. The molecule has 1 heterocycles. The highest BCUT2D eigenvalue weighted by molar-refractivity contribution is 5.56. The number of methoxy groups -OCH3 is 1. The van der Waals surface area contributed by atoms with Crippen molar-refractivity contribution in [3.05, 3.63) is 23.8 Å². The van der Waals surface area contributed by atoms with Crippen molar-refractivity contribution in [2.24, 2.45) is 0 Å². The third-order valence-electron chi connectivity index (χ3n) is 3.37. The highest BCUT2D eigenvalue weighted by atomic mass is 16.5. The molecule has 0 saturated heterocycles. The zero-order valence-corrected chi connectivity index (χ0v) is 9.62. The summed E-state index contributed by atoms with van der Waals surface area (Å²) in [7, 11) is 1.72. The molecule has 0 bridgehead atoms. The number of anilines is 1.